The first kappa shape index (κ1) is 13.1. The lowest BCUT2D eigenvalue weighted by atomic mass is 9.75. The maximum atomic E-state index is 11.4. The number of esters is 1. The van der Waals surface area contributed by atoms with Crippen molar-refractivity contribution < 1.29 is 24.5 Å². The number of nitro benzene ring substituents is 1. The zero-order valence-corrected chi connectivity index (χ0v) is 9.21. The van der Waals surface area contributed by atoms with Crippen LogP contribution < -0.4 is 5.46 Å². The molecule has 0 aliphatic rings. The van der Waals surface area contributed by atoms with E-state index in [-0.39, 0.29) is 16.6 Å². The van der Waals surface area contributed by atoms with E-state index in [0.29, 0.717) is 0 Å². The van der Waals surface area contributed by atoms with Crippen molar-refractivity contribution in [1.29, 1.82) is 0 Å². The predicted octanol–water partition coefficient (Wildman–Crippen LogP) is -0.630. The van der Waals surface area contributed by atoms with Gasteiger partial charge in [0.25, 0.3) is 5.69 Å². The number of nitrogens with zero attached hydrogens (tertiary/aromatic N) is 1. The molecule has 0 aliphatic carbocycles. The molecule has 0 amide bonds. The van der Waals surface area contributed by atoms with E-state index in [1.54, 1.807) is 0 Å². The number of rotatable bonds is 3. The van der Waals surface area contributed by atoms with Crippen LogP contribution in [0.15, 0.2) is 12.1 Å². The second-order valence-corrected chi connectivity index (χ2v) is 3.33. The molecule has 0 bridgehead atoms. The Bertz CT molecular complexity index is 473. The normalized spacial score (nSPS) is 9.88. The fraction of sp³-hybridized carbons (Fsp3) is 0.222. The second-order valence-electron chi connectivity index (χ2n) is 3.33. The van der Waals surface area contributed by atoms with Crippen LogP contribution in [-0.4, -0.2) is 35.2 Å². The number of carbonyl (C=O) groups is 1. The van der Waals surface area contributed by atoms with E-state index in [2.05, 4.69) is 4.74 Å². The molecule has 8 heteroatoms. The first-order chi connectivity index (χ1) is 7.88. The van der Waals surface area contributed by atoms with Gasteiger partial charge in [0.15, 0.2) is 0 Å². The van der Waals surface area contributed by atoms with Crippen molar-refractivity contribution in [1.82, 2.24) is 0 Å². The summed E-state index contributed by atoms with van der Waals surface area (Å²) in [6.07, 6.45) is 0. The summed E-state index contributed by atoms with van der Waals surface area (Å²) in [7, 11) is -0.756. The van der Waals surface area contributed by atoms with Crippen LogP contribution in [0.3, 0.4) is 0 Å². The van der Waals surface area contributed by atoms with Crippen molar-refractivity contribution in [2.24, 2.45) is 0 Å². The van der Waals surface area contributed by atoms with Crippen molar-refractivity contribution in [2.45, 2.75) is 6.92 Å². The molecular formula is C9H10BNO6. The van der Waals surface area contributed by atoms with Crippen LogP contribution in [0.1, 0.15) is 15.9 Å². The van der Waals surface area contributed by atoms with E-state index in [9.17, 15) is 14.9 Å². The first-order valence-corrected chi connectivity index (χ1v) is 4.62. The lowest BCUT2D eigenvalue weighted by Crippen LogP contribution is -2.33. The highest BCUT2D eigenvalue weighted by molar-refractivity contribution is 6.59. The van der Waals surface area contributed by atoms with Gasteiger partial charge >= 0.3 is 13.1 Å². The summed E-state index contributed by atoms with van der Waals surface area (Å²) in [4.78, 5) is 21.3. The van der Waals surface area contributed by atoms with Crippen LogP contribution in [0, 0.1) is 17.0 Å². The van der Waals surface area contributed by atoms with Crippen LogP contribution in [0.25, 0.3) is 0 Å². The van der Waals surface area contributed by atoms with E-state index < -0.39 is 23.7 Å². The number of carbonyl (C=O) groups excluding carboxylic acids is 1. The highest BCUT2D eigenvalue weighted by Crippen LogP contribution is 2.17. The molecule has 0 atom stereocenters. The molecule has 1 rings (SSSR count). The van der Waals surface area contributed by atoms with Gasteiger partial charge in [0.05, 0.1) is 17.6 Å². The highest BCUT2D eigenvalue weighted by Gasteiger charge is 2.24. The quantitative estimate of drug-likeness (QED) is 0.314. The van der Waals surface area contributed by atoms with E-state index in [1.807, 2.05) is 0 Å². The van der Waals surface area contributed by atoms with E-state index in [1.165, 1.54) is 6.92 Å². The third kappa shape index (κ3) is 2.60. The van der Waals surface area contributed by atoms with E-state index in [4.69, 9.17) is 10.0 Å². The highest BCUT2D eigenvalue weighted by atomic mass is 16.6. The summed E-state index contributed by atoms with van der Waals surface area (Å²) >= 11 is 0. The fourth-order valence-electron chi connectivity index (χ4n) is 1.42. The van der Waals surface area contributed by atoms with Crippen molar-refractivity contribution in [3.8, 4) is 0 Å². The van der Waals surface area contributed by atoms with Crippen LogP contribution >= 0.6 is 0 Å². The van der Waals surface area contributed by atoms with Crippen molar-refractivity contribution >= 4 is 24.2 Å². The van der Waals surface area contributed by atoms with Gasteiger partial charge in [0.2, 0.25) is 0 Å². The molecule has 0 spiro atoms. The number of ether oxygens (including phenoxy) is 1. The summed E-state index contributed by atoms with van der Waals surface area (Å²) in [6.45, 7) is 1.45. The van der Waals surface area contributed by atoms with Crippen LogP contribution in [0.5, 0.6) is 0 Å². The second kappa shape index (κ2) is 4.94. The Balaban J connectivity index is 3.48. The predicted molar refractivity (Wildman–Crippen MR) is 59.0 cm³/mol. The van der Waals surface area contributed by atoms with Gasteiger partial charge in [-0.2, -0.15) is 0 Å². The van der Waals surface area contributed by atoms with Crippen LogP contribution in [-0.2, 0) is 4.74 Å². The number of methoxy groups -OCH3 is 1. The molecule has 0 fully saturated rings. The molecule has 0 radical (unpaired) electrons. The van der Waals surface area contributed by atoms with Crippen molar-refractivity contribution in [3.05, 3.63) is 33.4 Å². The molecule has 17 heavy (non-hydrogen) atoms. The summed E-state index contributed by atoms with van der Waals surface area (Å²) < 4.78 is 4.46. The average Bonchev–Trinajstić information content (AvgIpc) is 2.27. The molecule has 0 unspecified atom stereocenters. The van der Waals surface area contributed by atoms with Crippen molar-refractivity contribution in [3.63, 3.8) is 0 Å². The Hall–Kier alpha value is -1.93. The molecule has 2 N–H and O–H groups in total. The van der Waals surface area contributed by atoms with Crippen LogP contribution in [0.2, 0.25) is 0 Å². The standard InChI is InChI=1S/C9H10BNO6/c1-5-7(9(12)17-2)3-6(11(15)16)4-8(5)10(13)14/h3-4,13-14H,1-2H3. The monoisotopic (exact) mass is 239 g/mol. The molecule has 0 aliphatic heterocycles. The minimum atomic E-state index is -1.89. The summed E-state index contributed by atoms with van der Waals surface area (Å²) in [5, 5.41) is 28.8. The summed E-state index contributed by atoms with van der Waals surface area (Å²) in [5.41, 5.74) is -0.332. The molecule has 0 saturated heterocycles. The number of benzene rings is 1. The third-order valence-corrected chi connectivity index (χ3v) is 2.33. The lowest BCUT2D eigenvalue weighted by Gasteiger charge is -2.09. The van der Waals surface area contributed by atoms with Gasteiger partial charge < -0.3 is 14.8 Å². The minimum Gasteiger partial charge on any atom is -0.465 e. The van der Waals surface area contributed by atoms with Crippen LogP contribution in [0.4, 0.5) is 5.69 Å². The number of nitro groups is 1. The first-order valence-electron chi connectivity index (χ1n) is 4.62. The third-order valence-electron chi connectivity index (χ3n) is 2.33. The summed E-state index contributed by atoms with van der Waals surface area (Å²) in [6, 6.07) is 2.04. The molecule has 1 aromatic rings. The minimum absolute atomic E-state index is 0.0650. The molecule has 0 aromatic heterocycles. The zero-order chi connectivity index (χ0) is 13.2. The lowest BCUT2D eigenvalue weighted by molar-refractivity contribution is -0.384. The Labute approximate surface area is 96.9 Å². The van der Waals surface area contributed by atoms with Gasteiger partial charge in [-0.1, -0.05) is 0 Å². The maximum Gasteiger partial charge on any atom is 0.488 e. The van der Waals surface area contributed by atoms with Gasteiger partial charge in [0, 0.05) is 12.1 Å². The SMILES string of the molecule is COC(=O)c1cc([N+](=O)[O-])cc(B(O)O)c1C. The van der Waals surface area contributed by atoms with Gasteiger partial charge in [-0.15, -0.1) is 0 Å². The van der Waals surface area contributed by atoms with E-state index in [0.717, 1.165) is 19.2 Å². The maximum absolute atomic E-state index is 11.4. The summed E-state index contributed by atoms with van der Waals surface area (Å²) in [5.74, 6) is -0.770. The molecule has 7 nitrogen and oxygen atoms in total. The molecule has 90 valence electrons. The van der Waals surface area contributed by atoms with Gasteiger partial charge in [-0.25, -0.2) is 4.79 Å². The molecule has 0 heterocycles. The Morgan fingerprint density at radius 3 is 2.47 bits per heavy atom. The topological polar surface area (TPSA) is 110 Å². The van der Waals surface area contributed by atoms with Gasteiger partial charge in [-0.3, -0.25) is 10.1 Å². The number of hydrogen-bond donors (Lipinski definition) is 2. The Morgan fingerprint density at radius 2 is 2.06 bits per heavy atom. The average molecular weight is 239 g/mol. The number of hydrogen-bond acceptors (Lipinski definition) is 6. The smallest absolute Gasteiger partial charge is 0.465 e. The Morgan fingerprint density at radius 1 is 1.47 bits per heavy atom. The molecular weight excluding hydrogens is 229 g/mol. The number of non-ortho nitro benzene ring substituents is 1. The van der Waals surface area contributed by atoms with Gasteiger partial charge in [-0.05, 0) is 17.9 Å². The fourth-order valence-corrected chi connectivity index (χ4v) is 1.42. The van der Waals surface area contributed by atoms with E-state index >= 15 is 0 Å². The molecule has 1 aromatic carbocycles. The molecule has 0 saturated carbocycles. The van der Waals surface area contributed by atoms with Gasteiger partial charge in [0.1, 0.15) is 0 Å². The Kier molecular flexibility index (Phi) is 3.82. The van der Waals surface area contributed by atoms with Crippen molar-refractivity contribution in [2.75, 3.05) is 7.11 Å². The largest absolute Gasteiger partial charge is 0.488 e. The zero-order valence-electron chi connectivity index (χ0n) is 9.21.